The van der Waals surface area contributed by atoms with Crippen LogP contribution in [0.25, 0.3) is 0 Å². The van der Waals surface area contributed by atoms with E-state index in [2.05, 4.69) is 0 Å². The van der Waals surface area contributed by atoms with E-state index in [9.17, 15) is 30.6 Å². The van der Waals surface area contributed by atoms with Gasteiger partial charge in [-0.3, -0.25) is 0 Å². The molecular formula is C13H24O10. The number of hydrogen-bond acceptors (Lipinski definition) is 10. The number of hydrogen-bond donors (Lipinski definition) is 7. The van der Waals surface area contributed by atoms with Crippen molar-refractivity contribution in [2.24, 2.45) is 0 Å². The van der Waals surface area contributed by atoms with Crippen LogP contribution in [0.1, 0.15) is 6.92 Å². The molecule has 0 radical (unpaired) electrons. The highest BCUT2D eigenvalue weighted by Crippen LogP contribution is 2.28. The topological polar surface area (TPSA) is 169 Å². The van der Waals surface area contributed by atoms with Crippen LogP contribution in [0.2, 0.25) is 0 Å². The van der Waals surface area contributed by atoms with Gasteiger partial charge in [0.1, 0.15) is 48.8 Å². The van der Waals surface area contributed by atoms with E-state index in [1.165, 1.54) is 6.92 Å². The Hall–Kier alpha value is -0.400. The number of rotatable bonds is 4. The summed E-state index contributed by atoms with van der Waals surface area (Å²) in [7, 11) is 0. The van der Waals surface area contributed by atoms with Crippen molar-refractivity contribution in [3.05, 3.63) is 0 Å². The Kier molecular flexibility index (Phi) is 6.30. The summed E-state index contributed by atoms with van der Waals surface area (Å²) in [6, 6.07) is 0. The smallest absolute Gasteiger partial charge is 0.187 e. The second kappa shape index (κ2) is 7.66. The Morgan fingerprint density at radius 3 is 1.91 bits per heavy atom. The first kappa shape index (κ1) is 18.9. The molecule has 136 valence electrons. The van der Waals surface area contributed by atoms with Gasteiger partial charge in [-0.2, -0.15) is 0 Å². The highest BCUT2D eigenvalue weighted by Gasteiger charge is 2.49. The summed E-state index contributed by atoms with van der Waals surface area (Å²) >= 11 is 0. The fourth-order valence-corrected chi connectivity index (χ4v) is 2.78. The zero-order valence-electron chi connectivity index (χ0n) is 12.5. The van der Waals surface area contributed by atoms with E-state index < -0.39 is 74.4 Å². The summed E-state index contributed by atoms with van der Waals surface area (Å²) < 4.78 is 15.9. The van der Waals surface area contributed by atoms with Gasteiger partial charge in [0, 0.05) is 0 Å². The van der Waals surface area contributed by atoms with Gasteiger partial charge in [0.05, 0.1) is 19.3 Å². The molecule has 7 N–H and O–H groups in total. The van der Waals surface area contributed by atoms with E-state index in [0.717, 1.165) is 0 Å². The largest absolute Gasteiger partial charge is 0.394 e. The molecule has 0 aromatic carbocycles. The fourth-order valence-electron chi connectivity index (χ4n) is 2.78. The third kappa shape index (κ3) is 3.66. The summed E-state index contributed by atoms with van der Waals surface area (Å²) in [5.74, 6) is 0. The molecule has 0 saturated carbocycles. The van der Waals surface area contributed by atoms with Gasteiger partial charge in [-0.1, -0.05) is 0 Å². The SMILES string of the molecule is CC1OC(CO)[C@@H](O[C@@H]2OC(CO)[C@@H](O)C(O)C2O)C(O)[C@@H]1O. The summed E-state index contributed by atoms with van der Waals surface area (Å²) in [5.41, 5.74) is 0. The Labute approximate surface area is 132 Å². The van der Waals surface area contributed by atoms with Gasteiger partial charge in [-0.15, -0.1) is 0 Å². The average molecular weight is 340 g/mol. The van der Waals surface area contributed by atoms with Crippen LogP contribution in [-0.2, 0) is 14.2 Å². The van der Waals surface area contributed by atoms with Crippen LogP contribution in [0.15, 0.2) is 0 Å². The first-order valence-corrected chi connectivity index (χ1v) is 7.40. The molecule has 0 spiro atoms. The monoisotopic (exact) mass is 340 g/mol. The highest BCUT2D eigenvalue weighted by molar-refractivity contribution is 4.94. The zero-order valence-corrected chi connectivity index (χ0v) is 12.5. The van der Waals surface area contributed by atoms with Gasteiger partial charge in [0.2, 0.25) is 0 Å². The average Bonchev–Trinajstić information content (AvgIpc) is 2.55. The van der Waals surface area contributed by atoms with Crippen molar-refractivity contribution >= 4 is 0 Å². The first-order valence-electron chi connectivity index (χ1n) is 7.40. The lowest BCUT2D eigenvalue weighted by Gasteiger charge is -2.45. The third-order valence-electron chi connectivity index (χ3n) is 4.24. The maximum atomic E-state index is 10.1. The summed E-state index contributed by atoms with van der Waals surface area (Å²) in [6.07, 6.45) is -13.2. The van der Waals surface area contributed by atoms with Crippen LogP contribution in [0, 0.1) is 0 Å². The molecule has 2 saturated heterocycles. The minimum atomic E-state index is -1.66. The minimum absolute atomic E-state index is 0.518. The van der Waals surface area contributed by atoms with Crippen molar-refractivity contribution < 1.29 is 50.0 Å². The summed E-state index contributed by atoms with van der Waals surface area (Å²) in [6.45, 7) is 0.369. The second-order valence-corrected chi connectivity index (χ2v) is 5.84. The number of aliphatic hydroxyl groups excluding tert-OH is 7. The van der Waals surface area contributed by atoms with Gasteiger partial charge in [0.15, 0.2) is 6.29 Å². The molecule has 10 heteroatoms. The van der Waals surface area contributed by atoms with E-state index in [1.54, 1.807) is 0 Å². The lowest BCUT2D eigenvalue weighted by molar-refractivity contribution is -0.341. The lowest BCUT2D eigenvalue weighted by Crippen LogP contribution is -2.64. The normalized spacial score (nSPS) is 51.7. The summed E-state index contributed by atoms with van der Waals surface area (Å²) in [5, 5.41) is 67.8. The Bertz CT molecular complexity index is 378. The van der Waals surface area contributed by atoms with Crippen molar-refractivity contribution in [2.75, 3.05) is 13.2 Å². The molecule has 0 aromatic rings. The van der Waals surface area contributed by atoms with Crippen molar-refractivity contribution in [1.82, 2.24) is 0 Å². The quantitative estimate of drug-likeness (QED) is 0.265. The van der Waals surface area contributed by atoms with Crippen LogP contribution in [-0.4, -0.2) is 110 Å². The zero-order chi connectivity index (χ0) is 17.3. The Morgan fingerprint density at radius 1 is 0.739 bits per heavy atom. The molecule has 23 heavy (non-hydrogen) atoms. The molecule has 2 aliphatic heterocycles. The Morgan fingerprint density at radius 2 is 1.35 bits per heavy atom. The Balaban J connectivity index is 2.11. The molecular weight excluding hydrogens is 316 g/mol. The molecule has 2 fully saturated rings. The van der Waals surface area contributed by atoms with E-state index in [1.807, 2.05) is 0 Å². The highest BCUT2D eigenvalue weighted by atomic mass is 16.7. The first-order chi connectivity index (χ1) is 10.8. The van der Waals surface area contributed by atoms with Crippen molar-refractivity contribution in [3.63, 3.8) is 0 Å². The molecule has 10 atom stereocenters. The van der Waals surface area contributed by atoms with Crippen LogP contribution < -0.4 is 0 Å². The van der Waals surface area contributed by atoms with E-state index >= 15 is 0 Å². The maximum absolute atomic E-state index is 10.1. The van der Waals surface area contributed by atoms with Crippen LogP contribution >= 0.6 is 0 Å². The third-order valence-corrected chi connectivity index (χ3v) is 4.24. The standard InChI is InChI=1S/C13H24O10/c1-4-7(16)10(19)12(6(3-15)21-4)23-13-11(20)9(18)8(17)5(2-14)22-13/h4-20H,2-3H2,1H3/t4?,5?,6?,7-,8-,9?,10?,11?,12-,13+/m1/s1. The van der Waals surface area contributed by atoms with Crippen LogP contribution in [0.3, 0.4) is 0 Å². The number of aliphatic hydroxyl groups is 7. The number of ether oxygens (including phenoxy) is 3. The van der Waals surface area contributed by atoms with Gasteiger partial charge in [-0.05, 0) is 6.92 Å². The summed E-state index contributed by atoms with van der Waals surface area (Å²) in [4.78, 5) is 0. The predicted molar refractivity (Wildman–Crippen MR) is 72.1 cm³/mol. The molecule has 0 bridgehead atoms. The second-order valence-electron chi connectivity index (χ2n) is 5.84. The molecule has 0 aromatic heterocycles. The minimum Gasteiger partial charge on any atom is -0.394 e. The van der Waals surface area contributed by atoms with E-state index in [0.29, 0.717) is 0 Å². The molecule has 0 aliphatic carbocycles. The van der Waals surface area contributed by atoms with Gasteiger partial charge < -0.3 is 50.0 Å². The van der Waals surface area contributed by atoms with Gasteiger partial charge in [-0.25, -0.2) is 0 Å². The molecule has 2 rings (SSSR count). The van der Waals surface area contributed by atoms with E-state index in [-0.39, 0.29) is 0 Å². The maximum Gasteiger partial charge on any atom is 0.187 e. The van der Waals surface area contributed by atoms with Gasteiger partial charge in [0.25, 0.3) is 0 Å². The van der Waals surface area contributed by atoms with Crippen molar-refractivity contribution in [2.45, 2.75) is 68.1 Å². The molecule has 2 aliphatic rings. The molecule has 2 heterocycles. The predicted octanol–water partition coefficient (Wildman–Crippen LogP) is -4.33. The van der Waals surface area contributed by atoms with Crippen LogP contribution in [0.4, 0.5) is 0 Å². The molecule has 10 nitrogen and oxygen atoms in total. The lowest BCUT2D eigenvalue weighted by atomic mass is 9.95. The molecule has 6 unspecified atom stereocenters. The van der Waals surface area contributed by atoms with Crippen molar-refractivity contribution in [3.8, 4) is 0 Å². The van der Waals surface area contributed by atoms with Gasteiger partial charge >= 0.3 is 0 Å². The molecule has 0 amide bonds. The van der Waals surface area contributed by atoms with Crippen molar-refractivity contribution in [1.29, 1.82) is 0 Å². The fraction of sp³-hybridized carbons (Fsp3) is 1.00. The van der Waals surface area contributed by atoms with E-state index in [4.69, 9.17) is 19.3 Å². The van der Waals surface area contributed by atoms with Crippen LogP contribution in [0.5, 0.6) is 0 Å².